The van der Waals surface area contributed by atoms with E-state index >= 15 is 0 Å². The third kappa shape index (κ3) is 1.74. The standard InChI is InChI=1S/C10H13ClN2O2/c1-2-13-6-12-9(11)8(13)10(3-4-10)5-7(14)15/h6H,2-5H2,1H3,(H,14,15). The fourth-order valence-corrected chi connectivity index (χ4v) is 2.41. The van der Waals surface area contributed by atoms with Crippen LogP contribution in [0.15, 0.2) is 6.33 Å². The smallest absolute Gasteiger partial charge is 0.304 e. The minimum Gasteiger partial charge on any atom is -0.481 e. The lowest BCUT2D eigenvalue weighted by Gasteiger charge is -2.15. The summed E-state index contributed by atoms with van der Waals surface area (Å²) < 4.78 is 1.94. The molecule has 0 saturated heterocycles. The van der Waals surface area contributed by atoms with Crippen molar-refractivity contribution >= 4 is 17.6 Å². The second-order valence-electron chi connectivity index (χ2n) is 4.02. The van der Waals surface area contributed by atoms with Crippen LogP contribution in [0.1, 0.15) is 31.9 Å². The Labute approximate surface area is 92.9 Å². The molecule has 0 amide bonds. The highest BCUT2D eigenvalue weighted by Gasteiger charge is 2.49. The molecule has 0 spiro atoms. The van der Waals surface area contributed by atoms with E-state index in [0.717, 1.165) is 25.1 Å². The number of aliphatic carboxylic acids is 1. The second-order valence-corrected chi connectivity index (χ2v) is 4.38. The van der Waals surface area contributed by atoms with Crippen LogP contribution in [0, 0.1) is 0 Å². The molecular formula is C10H13ClN2O2. The van der Waals surface area contributed by atoms with E-state index in [4.69, 9.17) is 16.7 Å². The van der Waals surface area contributed by atoms with Crippen LogP contribution in [0.3, 0.4) is 0 Å². The molecule has 0 atom stereocenters. The largest absolute Gasteiger partial charge is 0.481 e. The molecule has 0 bridgehead atoms. The molecule has 0 radical (unpaired) electrons. The van der Waals surface area contributed by atoms with E-state index in [1.54, 1.807) is 6.33 Å². The summed E-state index contributed by atoms with van der Waals surface area (Å²) in [6.07, 6.45) is 3.62. The molecular weight excluding hydrogens is 216 g/mol. The molecule has 1 aromatic rings. The Morgan fingerprint density at radius 1 is 1.73 bits per heavy atom. The van der Waals surface area contributed by atoms with Gasteiger partial charge in [0.1, 0.15) is 0 Å². The van der Waals surface area contributed by atoms with Crippen LogP contribution >= 0.6 is 11.6 Å². The zero-order valence-corrected chi connectivity index (χ0v) is 9.29. The maximum Gasteiger partial charge on any atom is 0.304 e. The minimum absolute atomic E-state index is 0.151. The highest BCUT2D eigenvalue weighted by Crippen LogP contribution is 2.52. The molecule has 1 aromatic heterocycles. The summed E-state index contributed by atoms with van der Waals surface area (Å²) >= 11 is 6.01. The maximum absolute atomic E-state index is 10.8. The van der Waals surface area contributed by atoms with E-state index in [1.165, 1.54) is 0 Å². The Kier molecular flexibility index (Phi) is 2.46. The average molecular weight is 229 g/mol. The van der Waals surface area contributed by atoms with Gasteiger partial charge in [-0.3, -0.25) is 4.79 Å². The summed E-state index contributed by atoms with van der Waals surface area (Å²) in [5.41, 5.74) is 0.643. The molecule has 1 heterocycles. The number of aromatic nitrogens is 2. The van der Waals surface area contributed by atoms with Crippen molar-refractivity contribution in [3.05, 3.63) is 17.2 Å². The molecule has 0 aliphatic heterocycles. The topological polar surface area (TPSA) is 55.1 Å². The summed E-state index contributed by atoms with van der Waals surface area (Å²) in [6.45, 7) is 2.77. The quantitative estimate of drug-likeness (QED) is 0.858. The van der Waals surface area contributed by atoms with E-state index < -0.39 is 5.97 Å². The van der Waals surface area contributed by atoms with Crippen molar-refractivity contribution in [1.82, 2.24) is 9.55 Å². The van der Waals surface area contributed by atoms with Gasteiger partial charge in [-0.2, -0.15) is 0 Å². The van der Waals surface area contributed by atoms with Gasteiger partial charge in [0.25, 0.3) is 0 Å². The van der Waals surface area contributed by atoms with Crippen molar-refractivity contribution in [1.29, 1.82) is 0 Å². The maximum atomic E-state index is 10.8. The van der Waals surface area contributed by atoms with E-state index in [2.05, 4.69) is 4.98 Å². The Balaban J connectivity index is 2.35. The number of hydrogen-bond donors (Lipinski definition) is 1. The summed E-state index contributed by atoms with van der Waals surface area (Å²) in [7, 11) is 0. The summed E-state index contributed by atoms with van der Waals surface area (Å²) in [6, 6.07) is 0. The Morgan fingerprint density at radius 3 is 2.87 bits per heavy atom. The first-order chi connectivity index (χ1) is 7.09. The Hall–Kier alpha value is -1.03. The number of carboxylic acid groups (broad SMARTS) is 1. The SMILES string of the molecule is CCn1cnc(Cl)c1C1(CC(=O)O)CC1. The third-order valence-electron chi connectivity index (χ3n) is 2.98. The van der Waals surface area contributed by atoms with Crippen LogP contribution in [0.4, 0.5) is 0 Å². The van der Waals surface area contributed by atoms with Crippen LogP contribution in [0.2, 0.25) is 5.15 Å². The number of imidazole rings is 1. The van der Waals surface area contributed by atoms with Crippen molar-refractivity contribution in [2.75, 3.05) is 0 Å². The first kappa shape index (κ1) is 10.5. The highest BCUT2D eigenvalue weighted by atomic mass is 35.5. The predicted octanol–water partition coefficient (Wildman–Crippen LogP) is 2.06. The zero-order valence-electron chi connectivity index (χ0n) is 8.53. The van der Waals surface area contributed by atoms with Gasteiger partial charge in [-0.1, -0.05) is 11.6 Å². The lowest BCUT2D eigenvalue weighted by molar-refractivity contribution is -0.137. The van der Waals surface area contributed by atoms with E-state index in [1.807, 2.05) is 11.5 Å². The number of carboxylic acids is 1. The average Bonchev–Trinajstić information content (AvgIpc) is 2.80. The van der Waals surface area contributed by atoms with E-state index in [9.17, 15) is 4.79 Å². The molecule has 4 nitrogen and oxygen atoms in total. The molecule has 2 rings (SSSR count). The molecule has 5 heteroatoms. The first-order valence-corrected chi connectivity index (χ1v) is 5.40. The van der Waals surface area contributed by atoms with Gasteiger partial charge in [0.2, 0.25) is 0 Å². The van der Waals surface area contributed by atoms with Crippen molar-refractivity contribution in [2.24, 2.45) is 0 Å². The molecule has 15 heavy (non-hydrogen) atoms. The van der Waals surface area contributed by atoms with Crippen molar-refractivity contribution in [2.45, 2.75) is 38.1 Å². The van der Waals surface area contributed by atoms with Crippen LogP contribution in [-0.4, -0.2) is 20.6 Å². The molecule has 1 aliphatic rings. The van der Waals surface area contributed by atoms with Crippen LogP contribution in [0.5, 0.6) is 0 Å². The number of hydrogen-bond acceptors (Lipinski definition) is 2. The molecule has 1 aliphatic carbocycles. The highest BCUT2D eigenvalue weighted by molar-refractivity contribution is 6.30. The molecule has 0 unspecified atom stereocenters. The van der Waals surface area contributed by atoms with Crippen LogP contribution in [-0.2, 0) is 16.8 Å². The monoisotopic (exact) mass is 228 g/mol. The lowest BCUT2D eigenvalue weighted by Crippen LogP contribution is -2.17. The molecule has 0 aromatic carbocycles. The first-order valence-electron chi connectivity index (χ1n) is 5.02. The molecule has 1 N–H and O–H groups in total. The van der Waals surface area contributed by atoms with Crippen LogP contribution in [0.25, 0.3) is 0 Å². The van der Waals surface area contributed by atoms with Crippen molar-refractivity contribution in [3.63, 3.8) is 0 Å². The van der Waals surface area contributed by atoms with Gasteiger partial charge in [-0.25, -0.2) is 4.98 Å². The van der Waals surface area contributed by atoms with Crippen molar-refractivity contribution in [3.8, 4) is 0 Å². The van der Waals surface area contributed by atoms with Crippen molar-refractivity contribution < 1.29 is 9.90 Å². The van der Waals surface area contributed by atoms with Gasteiger partial charge < -0.3 is 9.67 Å². The van der Waals surface area contributed by atoms with Gasteiger partial charge in [0.15, 0.2) is 5.15 Å². The molecule has 1 saturated carbocycles. The number of aryl methyl sites for hydroxylation is 1. The number of nitrogens with zero attached hydrogens (tertiary/aromatic N) is 2. The van der Waals surface area contributed by atoms with Crippen LogP contribution < -0.4 is 0 Å². The fraction of sp³-hybridized carbons (Fsp3) is 0.600. The normalized spacial score (nSPS) is 17.7. The lowest BCUT2D eigenvalue weighted by atomic mass is 9.98. The van der Waals surface area contributed by atoms with Gasteiger partial charge in [0.05, 0.1) is 18.4 Å². The summed E-state index contributed by atoms with van der Waals surface area (Å²) in [5.74, 6) is -0.771. The number of carbonyl (C=O) groups is 1. The number of rotatable bonds is 4. The fourth-order valence-electron chi connectivity index (χ4n) is 2.06. The molecule has 82 valence electrons. The summed E-state index contributed by atoms with van der Waals surface area (Å²) in [4.78, 5) is 14.8. The van der Waals surface area contributed by atoms with Gasteiger partial charge in [0, 0.05) is 12.0 Å². The minimum atomic E-state index is -0.771. The van der Waals surface area contributed by atoms with Gasteiger partial charge in [-0.15, -0.1) is 0 Å². The van der Waals surface area contributed by atoms with Gasteiger partial charge >= 0.3 is 5.97 Å². The zero-order chi connectivity index (χ0) is 11.1. The number of halogens is 1. The van der Waals surface area contributed by atoms with E-state index in [-0.39, 0.29) is 11.8 Å². The predicted molar refractivity (Wildman–Crippen MR) is 56.1 cm³/mol. The third-order valence-corrected chi connectivity index (χ3v) is 3.26. The second kappa shape index (κ2) is 3.52. The van der Waals surface area contributed by atoms with Gasteiger partial charge in [-0.05, 0) is 19.8 Å². The Morgan fingerprint density at radius 2 is 2.40 bits per heavy atom. The van der Waals surface area contributed by atoms with E-state index in [0.29, 0.717) is 5.15 Å². The molecule has 1 fully saturated rings. The Bertz CT molecular complexity index is 396. The summed E-state index contributed by atoms with van der Waals surface area (Å²) in [5, 5.41) is 9.32.